The Morgan fingerprint density at radius 1 is 0.727 bits per heavy atom. The predicted molar refractivity (Wildman–Crippen MR) is 47.1 cm³/mol. The van der Waals surface area contributed by atoms with E-state index in [2.05, 4.69) is 11.8 Å². The second-order valence-corrected chi connectivity index (χ2v) is 3.98. The minimum absolute atomic E-state index is 1.03. The van der Waals surface area contributed by atoms with Crippen molar-refractivity contribution in [3.8, 4) is 11.8 Å². The van der Waals surface area contributed by atoms with Gasteiger partial charge in [-0.3, -0.25) is 0 Å². The molecule has 0 N–H and O–H groups in total. The molecule has 0 amide bonds. The first kappa shape index (κ1) is 7.22. The van der Waals surface area contributed by atoms with Gasteiger partial charge in [-0.05, 0) is 31.1 Å². The summed E-state index contributed by atoms with van der Waals surface area (Å²) in [7, 11) is 0. The highest BCUT2D eigenvalue weighted by atomic mass is 14.3. The van der Waals surface area contributed by atoms with E-state index in [1.165, 1.54) is 32.1 Å². The third-order valence-electron chi connectivity index (χ3n) is 3.13. The van der Waals surface area contributed by atoms with E-state index in [1.807, 2.05) is 0 Å². The van der Waals surface area contributed by atoms with Gasteiger partial charge in [0.15, 0.2) is 0 Å². The summed E-state index contributed by atoms with van der Waals surface area (Å²) < 4.78 is 0. The van der Waals surface area contributed by atoms with Crippen LogP contribution in [-0.2, 0) is 0 Å². The maximum atomic E-state index is 3.26. The van der Waals surface area contributed by atoms with Crippen LogP contribution in [0.5, 0.6) is 0 Å². The molecule has 0 aromatic heterocycles. The fourth-order valence-electron chi connectivity index (χ4n) is 2.43. The molecule has 1 saturated carbocycles. The molecule has 60 valence electrons. The molecule has 0 spiro atoms. The Morgan fingerprint density at radius 3 is 1.82 bits per heavy atom. The first-order valence-corrected chi connectivity index (χ1v) is 4.91. The zero-order chi connectivity index (χ0) is 7.52. The third kappa shape index (κ3) is 1.77. The van der Waals surface area contributed by atoms with Gasteiger partial charge < -0.3 is 0 Å². The van der Waals surface area contributed by atoms with Gasteiger partial charge in [0.05, 0.1) is 0 Å². The van der Waals surface area contributed by atoms with Gasteiger partial charge >= 0.3 is 0 Å². The van der Waals surface area contributed by atoms with Crippen LogP contribution in [0, 0.1) is 23.7 Å². The molecule has 0 aromatic rings. The zero-order valence-electron chi connectivity index (χ0n) is 7.10. The van der Waals surface area contributed by atoms with Gasteiger partial charge in [-0.15, -0.1) is 11.8 Å². The molecule has 11 heavy (non-hydrogen) atoms. The van der Waals surface area contributed by atoms with E-state index in [0.717, 1.165) is 24.7 Å². The van der Waals surface area contributed by atoms with E-state index in [1.54, 1.807) is 0 Å². The summed E-state index contributed by atoms with van der Waals surface area (Å²) in [4.78, 5) is 0. The van der Waals surface area contributed by atoms with Crippen LogP contribution in [0.1, 0.15) is 44.9 Å². The van der Waals surface area contributed by atoms with Gasteiger partial charge in [-0.1, -0.05) is 12.8 Å². The highest BCUT2D eigenvalue weighted by Gasteiger charge is 2.23. The normalized spacial score (nSPS) is 36.4. The smallest absolute Gasteiger partial charge is 0.00913 e. The molecule has 2 aliphatic carbocycles. The molecule has 1 fully saturated rings. The van der Waals surface area contributed by atoms with Crippen molar-refractivity contribution >= 4 is 0 Å². The summed E-state index contributed by atoms with van der Waals surface area (Å²) in [5.41, 5.74) is 0. The summed E-state index contributed by atoms with van der Waals surface area (Å²) in [6, 6.07) is 0. The quantitative estimate of drug-likeness (QED) is 0.463. The number of hydrogen-bond acceptors (Lipinski definition) is 0. The Hall–Kier alpha value is -0.440. The Balaban J connectivity index is 1.98. The summed E-state index contributed by atoms with van der Waals surface area (Å²) >= 11 is 0. The predicted octanol–water partition coefficient (Wildman–Crippen LogP) is 2.98. The first-order chi connectivity index (χ1) is 5.45. The van der Waals surface area contributed by atoms with Crippen molar-refractivity contribution in [2.45, 2.75) is 44.9 Å². The van der Waals surface area contributed by atoms with E-state index < -0.39 is 0 Å². The lowest BCUT2D eigenvalue weighted by Gasteiger charge is -2.06. The lowest BCUT2D eigenvalue weighted by atomic mass is 9.99. The van der Waals surface area contributed by atoms with Crippen molar-refractivity contribution in [3.05, 3.63) is 0 Å². The Kier molecular flexibility index (Phi) is 2.17. The molecule has 0 nitrogen and oxygen atoms in total. The van der Waals surface area contributed by atoms with Gasteiger partial charge in [-0.25, -0.2) is 0 Å². The van der Waals surface area contributed by atoms with Crippen molar-refractivity contribution < 1.29 is 0 Å². The lowest BCUT2D eigenvalue weighted by molar-refractivity contribution is 0.457. The molecule has 0 radical (unpaired) electrons. The fourth-order valence-corrected chi connectivity index (χ4v) is 2.43. The van der Waals surface area contributed by atoms with Gasteiger partial charge in [0.2, 0.25) is 0 Å². The molecule has 2 bridgehead atoms. The van der Waals surface area contributed by atoms with Crippen molar-refractivity contribution in [3.63, 3.8) is 0 Å². The summed E-state index contributed by atoms with van der Waals surface area (Å²) in [5, 5.41) is 0. The van der Waals surface area contributed by atoms with E-state index >= 15 is 0 Å². The summed E-state index contributed by atoms with van der Waals surface area (Å²) in [6.45, 7) is 0. The largest absolute Gasteiger partial charge is 0.103 e. The van der Waals surface area contributed by atoms with Crippen molar-refractivity contribution in [2.24, 2.45) is 11.8 Å². The average Bonchev–Trinajstić information content (AvgIpc) is 2.49. The molecule has 0 saturated heterocycles. The van der Waals surface area contributed by atoms with E-state index in [4.69, 9.17) is 0 Å². The molecule has 2 unspecified atom stereocenters. The highest BCUT2D eigenvalue weighted by Crippen LogP contribution is 2.36. The maximum Gasteiger partial charge on any atom is 0.00913 e. The topological polar surface area (TPSA) is 0 Å². The van der Waals surface area contributed by atoms with Gasteiger partial charge in [0.1, 0.15) is 0 Å². The standard InChI is InChI=1S/C11H16/c1-2-4-6-11-8-7-10(9-11)5-3-1/h10-11H,3-9H2. The zero-order valence-corrected chi connectivity index (χ0v) is 7.10. The molecule has 0 aromatic carbocycles. The highest BCUT2D eigenvalue weighted by molar-refractivity contribution is 5.01. The molecule has 2 rings (SSSR count). The molecular weight excluding hydrogens is 132 g/mol. The van der Waals surface area contributed by atoms with Crippen LogP contribution in [0.25, 0.3) is 0 Å². The minimum atomic E-state index is 1.03. The number of hydrogen-bond donors (Lipinski definition) is 0. The maximum absolute atomic E-state index is 3.26. The Morgan fingerprint density at radius 2 is 1.27 bits per heavy atom. The second kappa shape index (κ2) is 3.30. The monoisotopic (exact) mass is 148 g/mol. The second-order valence-electron chi connectivity index (χ2n) is 3.98. The minimum Gasteiger partial charge on any atom is -0.103 e. The molecule has 0 heteroatoms. The van der Waals surface area contributed by atoms with Crippen LogP contribution in [-0.4, -0.2) is 0 Å². The SMILES string of the molecule is C1#CCCC2CCC(CC1)C2. The van der Waals surface area contributed by atoms with Crippen LogP contribution in [0.15, 0.2) is 0 Å². The van der Waals surface area contributed by atoms with Crippen molar-refractivity contribution in [2.75, 3.05) is 0 Å². The summed E-state index contributed by atoms with van der Waals surface area (Å²) in [6.07, 6.45) is 9.57. The van der Waals surface area contributed by atoms with Gasteiger partial charge in [0, 0.05) is 12.8 Å². The average molecular weight is 148 g/mol. The Labute approximate surface area is 69.4 Å². The third-order valence-corrected chi connectivity index (χ3v) is 3.13. The first-order valence-electron chi connectivity index (χ1n) is 4.91. The fraction of sp³-hybridized carbons (Fsp3) is 0.818. The van der Waals surface area contributed by atoms with Crippen LogP contribution in [0.3, 0.4) is 0 Å². The van der Waals surface area contributed by atoms with Crippen LogP contribution < -0.4 is 0 Å². The van der Waals surface area contributed by atoms with Crippen LogP contribution in [0.2, 0.25) is 0 Å². The van der Waals surface area contributed by atoms with Crippen molar-refractivity contribution in [1.29, 1.82) is 0 Å². The number of rotatable bonds is 0. The Bertz CT molecular complexity index is 164. The molecule has 2 aliphatic rings. The van der Waals surface area contributed by atoms with Crippen LogP contribution in [0.4, 0.5) is 0 Å². The lowest BCUT2D eigenvalue weighted by Crippen LogP contribution is -1.95. The molecule has 0 heterocycles. The van der Waals surface area contributed by atoms with E-state index in [-0.39, 0.29) is 0 Å². The van der Waals surface area contributed by atoms with Gasteiger partial charge in [0.25, 0.3) is 0 Å². The van der Waals surface area contributed by atoms with Gasteiger partial charge in [-0.2, -0.15) is 0 Å². The van der Waals surface area contributed by atoms with Crippen molar-refractivity contribution in [1.82, 2.24) is 0 Å². The number of fused-ring (bicyclic) bond motifs is 2. The molecular formula is C11H16. The molecule has 2 atom stereocenters. The van der Waals surface area contributed by atoms with E-state index in [0.29, 0.717) is 0 Å². The van der Waals surface area contributed by atoms with E-state index in [9.17, 15) is 0 Å². The molecule has 0 aliphatic heterocycles. The van der Waals surface area contributed by atoms with Crippen LogP contribution >= 0.6 is 0 Å². The summed E-state index contributed by atoms with van der Waals surface area (Å²) in [5.74, 6) is 8.59.